The van der Waals surface area contributed by atoms with Crippen LogP contribution in [0.3, 0.4) is 0 Å². The third-order valence-electron chi connectivity index (χ3n) is 7.87. The van der Waals surface area contributed by atoms with Crippen molar-refractivity contribution in [2.75, 3.05) is 31.1 Å². The summed E-state index contributed by atoms with van der Waals surface area (Å²) in [4.78, 5) is 21.6. The number of hydrogen-bond donors (Lipinski definition) is 1. The van der Waals surface area contributed by atoms with Gasteiger partial charge in [0, 0.05) is 44.5 Å². The summed E-state index contributed by atoms with van der Waals surface area (Å²) in [5, 5.41) is 3.81. The van der Waals surface area contributed by atoms with E-state index in [1.54, 1.807) is 0 Å². The van der Waals surface area contributed by atoms with Gasteiger partial charge in [-0.05, 0) is 50.2 Å². The number of rotatable bonds is 5. The van der Waals surface area contributed by atoms with Crippen LogP contribution in [-0.2, 0) is 11.0 Å². The molecule has 3 fully saturated rings. The molecule has 2 heterocycles. The van der Waals surface area contributed by atoms with Gasteiger partial charge in [-0.15, -0.1) is 0 Å². The van der Waals surface area contributed by atoms with Gasteiger partial charge in [0.05, 0.1) is 11.0 Å². The normalized spacial score (nSPS) is 27.5. The summed E-state index contributed by atoms with van der Waals surface area (Å²) in [5.74, 6) is 0.806. The van der Waals surface area contributed by atoms with E-state index in [9.17, 15) is 18.0 Å². The molecule has 0 bridgehead atoms. The number of halogens is 3. The highest BCUT2D eigenvalue weighted by molar-refractivity contribution is 5.84. The number of amides is 1. The highest BCUT2D eigenvalue weighted by Crippen LogP contribution is 2.46. The number of pyridine rings is 1. The van der Waals surface area contributed by atoms with Crippen LogP contribution in [0.2, 0.25) is 0 Å². The van der Waals surface area contributed by atoms with E-state index in [4.69, 9.17) is 0 Å². The lowest BCUT2D eigenvalue weighted by atomic mass is 9.74. The van der Waals surface area contributed by atoms with Crippen LogP contribution in [-0.4, -0.2) is 54.1 Å². The number of alkyl halides is 3. The minimum absolute atomic E-state index is 0.222. The predicted octanol–water partition coefficient (Wildman–Crippen LogP) is 4.48. The van der Waals surface area contributed by atoms with Crippen LogP contribution in [0, 0.1) is 11.3 Å². The molecule has 1 amide bonds. The van der Waals surface area contributed by atoms with Crippen LogP contribution in [0.15, 0.2) is 18.3 Å². The Hall–Kier alpha value is -1.83. The third kappa shape index (κ3) is 4.75. The van der Waals surface area contributed by atoms with Gasteiger partial charge in [0.1, 0.15) is 5.82 Å². The maximum Gasteiger partial charge on any atom is 0.416 e. The molecule has 0 unspecified atom stereocenters. The second kappa shape index (κ2) is 9.20. The lowest BCUT2D eigenvalue weighted by molar-refractivity contribution is -0.145. The van der Waals surface area contributed by atoms with E-state index in [2.05, 4.69) is 24.1 Å². The molecule has 1 aromatic rings. The number of nitrogens with zero attached hydrogens (tertiary/aromatic N) is 3. The number of carbonyl (C=O) groups excluding carboxylic acids is 1. The minimum atomic E-state index is -4.38. The number of carbonyl (C=O) groups is 1. The van der Waals surface area contributed by atoms with E-state index in [1.165, 1.54) is 31.9 Å². The molecule has 1 N–H and O–H groups in total. The Bertz CT molecular complexity index is 801. The van der Waals surface area contributed by atoms with Gasteiger partial charge < -0.3 is 15.1 Å². The van der Waals surface area contributed by atoms with E-state index in [-0.39, 0.29) is 17.2 Å². The first-order chi connectivity index (χ1) is 15.2. The van der Waals surface area contributed by atoms with E-state index >= 15 is 0 Å². The second-order valence-electron chi connectivity index (χ2n) is 10.1. The lowest BCUT2D eigenvalue weighted by Gasteiger charge is -2.42. The maximum atomic E-state index is 13.7. The van der Waals surface area contributed by atoms with Gasteiger partial charge in [0.15, 0.2) is 0 Å². The Kier molecular flexibility index (Phi) is 6.71. The number of piperazine rings is 1. The molecule has 3 aliphatic rings. The molecular weight excluding hydrogens is 417 g/mol. The molecule has 0 spiro atoms. The molecular formula is C24H35F3N4O. The summed E-state index contributed by atoms with van der Waals surface area (Å²) in [6.45, 7) is 6.34. The number of hydrogen-bond acceptors (Lipinski definition) is 4. The van der Waals surface area contributed by atoms with Gasteiger partial charge in [-0.1, -0.05) is 26.7 Å². The molecule has 32 heavy (non-hydrogen) atoms. The monoisotopic (exact) mass is 452 g/mol. The van der Waals surface area contributed by atoms with Crippen LogP contribution in [0.1, 0.15) is 64.4 Å². The molecule has 2 atom stereocenters. The van der Waals surface area contributed by atoms with Crippen molar-refractivity contribution in [1.82, 2.24) is 15.2 Å². The molecule has 1 aromatic heterocycles. The largest absolute Gasteiger partial charge is 0.416 e. The Balaban J connectivity index is 1.38. The van der Waals surface area contributed by atoms with Crippen LogP contribution in [0.4, 0.5) is 19.0 Å². The lowest BCUT2D eigenvalue weighted by Crippen LogP contribution is -2.54. The van der Waals surface area contributed by atoms with Crippen LogP contribution in [0.25, 0.3) is 0 Å². The molecule has 178 valence electrons. The van der Waals surface area contributed by atoms with Crippen molar-refractivity contribution in [3.8, 4) is 0 Å². The van der Waals surface area contributed by atoms with Crippen LogP contribution < -0.4 is 10.2 Å². The summed E-state index contributed by atoms with van der Waals surface area (Å²) in [5.41, 5.74) is -1.03. The Morgan fingerprint density at radius 2 is 1.81 bits per heavy atom. The van der Waals surface area contributed by atoms with Gasteiger partial charge in [-0.25, -0.2) is 4.98 Å². The maximum absolute atomic E-state index is 13.7. The molecule has 1 saturated heterocycles. The molecule has 2 aliphatic carbocycles. The average Bonchev–Trinajstić information content (AvgIpc) is 3.44. The smallest absolute Gasteiger partial charge is 0.353 e. The van der Waals surface area contributed by atoms with Crippen molar-refractivity contribution in [3.63, 3.8) is 0 Å². The van der Waals surface area contributed by atoms with Gasteiger partial charge >= 0.3 is 6.18 Å². The standard InChI is InChI=1S/C24H35F3N4O/c1-17(2)23(9-7-20(16-23)29-19-5-3-4-6-19)22(32)31-13-11-30(12-14-31)21-15-18(8-10-28-21)24(25,26)27/h8,10,15,17,19-20,29H,3-7,9,11-14,16H2,1-2H3/t20-,23+/m1/s1. The SMILES string of the molecule is CC(C)[C@]1(C(=O)N2CCN(c3cc(C(F)(F)F)ccn3)CC2)CC[C@@H](NC2CCCC2)C1. The van der Waals surface area contributed by atoms with Crippen molar-refractivity contribution in [2.24, 2.45) is 11.3 Å². The van der Waals surface area contributed by atoms with Gasteiger partial charge in [0.25, 0.3) is 0 Å². The summed E-state index contributed by atoms with van der Waals surface area (Å²) < 4.78 is 39.1. The minimum Gasteiger partial charge on any atom is -0.353 e. The summed E-state index contributed by atoms with van der Waals surface area (Å²) in [7, 11) is 0. The van der Waals surface area contributed by atoms with Gasteiger partial charge in [0.2, 0.25) is 5.91 Å². The summed E-state index contributed by atoms with van der Waals surface area (Å²) in [6.07, 6.45) is 4.72. The van der Waals surface area contributed by atoms with Crippen molar-refractivity contribution in [1.29, 1.82) is 0 Å². The van der Waals surface area contributed by atoms with Crippen molar-refractivity contribution in [2.45, 2.75) is 77.1 Å². The number of nitrogens with one attached hydrogen (secondary N) is 1. The van der Waals surface area contributed by atoms with Gasteiger partial charge in [-0.2, -0.15) is 13.2 Å². The van der Waals surface area contributed by atoms with Crippen LogP contribution in [0.5, 0.6) is 0 Å². The van der Waals surface area contributed by atoms with Crippen molar-refractivity contribution in [3.05, 3.63) is 23.9 Å². The number of anilines is 1. The molecule has 0 aromatic carbocycles. The summed E-state index contributed by atoms with van der Waals surface area (Å²) in [6, 6.07) is 3.09. The molecule has 8 heteroatoms. The fraction of sp³-hybridized carbons (Fsp3) is 0.750. The predicted molar refractivity (Wildman–Crippen MR) is 118 cm³/mol. The fourth-order valence-electron chi connectivity index (χ4n) is 5.83. The van der Waals surface area contributed by atoms with Crippen LogP contribution >= 0.6 is 0 Å². The van der Waals surface area contributed by atoms with E-state index in [1.807, 2.05) is 9.80 Å². The Morgan fingerprint density at radius 3 is 2.44 bits per heavy atom. The zero-order valence-electron chi connectivity index (χ0n) is 19.1. The molecule has 2 saturated carbocycles. The Morgan fingerprint density at radius 1 is 1.12 bits per heavy atom. The molecule has 5 nitrogen and oxygen atoms in total. The zero-order chi connectivity index (χ0) is 22.9. The van der Waals surface area contributed by atoms with Crippen molar-refractivity contribution < 1.29 is 18.0 Å². The topological polar surface area (TPSA) is 48.5 Å². The number of aromatic nitrogens is 1. The van der Waals surface area contributed by atoms with E-state index < -0.39 is 11.7 Å². The van der Waals surface area contributed by atoms with Crippen molar-refractivity contribution >= 4 is 11.7 Å². The third-order valence-corrected chi connectivity index (χ3v) is 7.87. The molecule has 4 rings (SSSR count). The molecule has 1 aliphatic heterocycles. The first-order valence-electron chi connectivity index (χ1n) is 12.0. The van der Waals surface area contributed by atoms with E-state index in [0.29, 0.717) is 44.1 Å². The summed E-state index contributed by atoms with van der Waals surface area (Å²) >= 11 is 0. The quantitative estimate of drug-likeness (QED) is 0.716. The average molecular weight is 453 g/mol. The molecule has 0 radical (unpaired) electrons. The first kappa shape index (κ1) is 23.3. The highest BCUT2D eigenvalue weighted by Gasteiger charge is 2.49. The fourth-order valence-corrected chi connectivity index (χ4v) is 5.83. The van der Waals surface area contributed by atoms with E-state index in [0.717, 1.165) is 31.4 Å². The van der Waals surface area contributed by atoms with Gasteiger partial charge in [-0.3, -0.25) is 4.79 Å². The first-order valence-corrected chi connectivity index (χ1v) is 12.0. The zero-order valence-corrected chi connectivity index (χ0v) is 19.1. The highest BCUT2D eigenvalue weighted by atomic mass is 19.4. The second-order valence-corrected chi connectivity index (χ2v) is 10.1. The Labute approximate surface area is 188 Å².